The normalized spacial score (nSPS) is 35.3. The minimum Gasteiger partial charge on any atom is -0.0654 e. The molecule has 0 saturated heterocycles. The van der Waals surface area contributed by atoms with Crippen LogP contribution in [0.3, 0.4) is 0 Å². The molecule has 0 spiro atoms. The van der Waals surface area contributed by atoms with Crippen LogP contribution in [0.15, 0.2) is 24.3 Å². The van der Waals surface area contributed by atoms with Crippen molar-refractivity contribution in [3.8, 4) is 0 Å². The second-order valence-electron chi connectivity index (χ2n) is 11.4. The zero-order valence-electron chi connectivity index (χ0n) is 20.1. The van der Waals surface area contributed by atoms with Gasteiger partial charge < -0.3 is 0 Å². The van der Waals surface area contributed by atoms with Crippen LogP contribution in [0.5, 0.6) is 0 Å². The van der Waals surface area contributed by atoms with Crippen molar-refractivity contribution in [1.82, 2.24) is 0 Å². The average Bonchev–Trinajstić information content (AvgIpc) is 2.81. The molecule has 0 heteroatoms. The molecule has 3 saturated carbocycles. The van der Waals surface area contributed by atoms with Gasteiger partial charge in [0.1, 0.15) is 0 Å². The van der Waals surface area contributed by atoms with E-state index in [1.807, 2.05) is 0 Å². The van der Waals surface area contributed by atoms with Crippen molar-refractivity contribution in [3.63, 3.8) is 0 Å². The Morgan fingerprint density at radius 3 is 1.23 bits per heavy atom. The third-order valence-electron chi connectivity index (χ3n) is 9.45. The molecule has 3 aliphatic rings. The molecule has 1 aromatic rings. The van der Waals surface area contributed by atoms with Crippen LogP contribution in [0.2, 0.25) is 0 Å². The quantitative estimate of drug-likeness (QED) is 0.421. The first-order valence-electron chi connectivity index (χ1n) is 13.9. The van der Waals surface area contributed by atoms with Gasteiger partial charge in [0.15, 0.2) is 0 Å². The van der Waals surface area contributed by atoms with Crippen molar-refractivity contribution in [2.75, 3.05) is 0 Å². The molecule has 0 bridgehead atoms. The lowest BCUT2D eigenvalue weighted by Crippen LogP contribution is -2.25. The van der Waals surface area contributed by atoms with Gasteiger partial charge in [-0.25, -0.2) is 0 Å². The largest absolute Gasteiger partial charge is 0.0654 e. The molecule has 0 unspecified atom stereocenters. The zero-order chi connectivity index (χ0) is 20.8. The van der Waals surface area contributed by atoms with Crippen LogP contribution in [0.4, 0.5) is 0 Å². The Hall–Kier alpha value is -0.780. The lowest BCUT2D eigenvalue weighted by Gasteiger charge is -2.38. The summed E-state index contributed by atoms with van der Waals surface area (Å²) < 4.78 is 0. The van der Waals surface area contributed by atoms with Gasteiger partial charge in [-0.05, 0) is 111 Å². The van der Waals surface area contributed by atoms with E-state index in [-0.39, 0.29) is 0 Å². The molecule has 0 nitrogen and oxygen atoms in total. The highest BCUT2D eigenvalue weighted by atomic mass is 14.4. The lowest BCUT2D eigenvalue weighted by atomic mass is 9.68. The molecule has 0 N–H and O–H groups in total. The fourth-order valence-corrected chi connectivity index (χ4v) is 7.51. The van der Waals surface area contributed by atoms with Crippen LogP contribution in [0.25, 0.3) is 0 Å². The number of hydrogen-bond donors (Lipinski definition) is 0. The number of rotatable bonds is 7. The maximum atomic E-state index is 2.51. The van der Waals surface area contributed by atoms with Crippen molar-refractivity contribution < 1.29 is 0 Å². The van der Waals surface area contributed by atoms with Crippen LogP contribution in [0, 0.1) is 23.7 Å². The van der Waals surface area contributed by atoms with Crippen molar-refractivity contribution in [2.24, 2.45) is 23.7 Å². The first-order valence-corrected chi connectivity index (χ1v) is 13.9. The molecular weight excluding hydrogens is 360 g/mol. The predicted octanol–water partition coefficient (Wildman–Crippen LogP) is 9.64. The Labute approximate surface area is 187 Å². The Bertz CT molecular complexity index is 589. The van der Waals surface area contributed by atoms with Gasteiger partial charge in [0.2, 0.25) is 0 Å². The molecule has 0 radical (unpaired) electrons. The molecule has 0 atom stereocenters. The van der Waals surface area contributed by atoms with Crippen LogP contribution >= 0.6 is 0 Å². The van der Waals surface area contributed by atoms with E-state index in [4.69, 9.17) is 0 Å². The lowest BCUT2D eigenvalue weighted by molar-refractivity contribution is 0.156. The van der Waals surface area contributed by atoms with E-state index in [0.717, 1.165) is 35.5 Å². The topological polar surface area (TPSA) is 0 Å². The number of benzene rings is 1. The summed E-state index contributed by atoms with van der Waals surface area (Å²) >= 11 is 0. The third kappa shape index (κ3) is 5.72. The van der Waals surface area contributed by atoms with Gasteiger partial charge in [-0.15, -0.1) is 0 Å². The molecule has 30 heavy (non-hydrogen) atoms. The standard InChI is InChI=1S/C30H48/c1-3-5-23-7-11-25(12-8-23)27-15-19-29(20-16-27)30-21-17-28(18-22-30)26-13-9-24(6-4-2)10-14-26/h15-16,19-20,23-26,28,30H,3-14,17-18,21-22H2,1-2H3/t23-,24-,25-,26-,28?,30?. The molecule has 0 heterocycles. The predicted molar refractivity (Wildman–Crippen MR) is 131 cm³/mol. The summed E-state index contributed by atoms with van der Waals surface area (Å²) in [6.45, 7) is 4.70. The highest BCUT2D eigenvalue weighted by Crippen LogP contribution is 2.45. The van der Waals surface area contributed by atoms with Crippen LogP contribution < -0.4 is 0 Å². The minimum absolute atomic E-state index is 0.839. The monoisotopic (exact) mass is 408 g/mol. The molecule has 0 amide bonds. The number of hydrogen-bond acceptors (Lipinski definition) is 0. The van der Waals surface area contributed by atoms with Crippen molar-refractivity contribution in [3.05, 3.63) is 35.4 Å². The van der Waals surface area contributed by atoms with Crippen molar-refractivity contribution in [2.45, 2.75) is 128 Å². The Morgan fingerprint density at radius 1 is 0.500 bits per heavy atom. The maximum Gasteiger partial charge on any atom is -0.0162 e. The molecular formula is C30H48. The fourth-order valence-electron chi connectivity index (χ4n) is 7.51. The third-order valence-corrected chi connectivity index (χ3v) is 9.45. The Balaban J connectivity index is 1.23. The summed E-state index contributed by atoms with van der Waals surface area (Å²) in [5, 5.41) is 0. The molecule has 0 aliphatic heterocycles. The van der Waals surface area contributed by atoms with Crippen LogP contribution in [0.1, 0.15) is 140 Å². The Kier molecular flexibility index (Phi) is 8.36. The molecule has 3 aliphatic carbocycles. The first-order chi connectivity index (χ1) is 14.8. The maximum absolute atomic E-state index is 2.51. The minimum atomic E-state index is 0.839. The van der Waals surface area contributed by atoms with E-state index in [0.29, 0.717) is 0 Å². The van der Waals surface area contributed by atoms with Gasteiger partial charge in [-0.1, -0.05) is 76.6 Å². The van der Waals surface area contributed by atoms with E-state index in [1.54, 1.807) is 11.1 Å². The molecule has 1 aromatic carbocycles. The van der Waals surface area contributed by atoms with E-state index in [9.17, 15) is 0 Å². The van der Waals surface area contributed by atoms with Gasteiger partial charge in [-0.2, -0.15) is 0 Å². The summed E-state index contributed by atoms with van der Waals surface area (Å²) in [6.07, 6.45) is 23.5. The summed E-state index contributed by atoms with van der Waals surface area (Å²) in [4.78, 5) is 0. The molecule has 3 fully saturated rings. The fraction of sp³-hybridized carbons (Fsp3) is 0.800. The Morgan fingerprint density at radius 2 is 0.833 bits per heavy atom. The SMILES string of the molecule is CCC[C@H]1CC[C@H](c2ccc(C3CCC([C@H]4CC[C@H](CCC)CC4)CC3)cc2)CC1. The molecule has 0 aromatic heterocycles. The van der Waals surface area contributed by atoms with Gasteiger partial charge >= 0.3 is 0 Å². The van der Waals surface area contributed by atoms with Gasteiger partial charge in [-0.3, -0.25) is 0 Å². The van der Waals surface area contributed by atoms with Gasteiger partial charge in [0.05, 0.1) is 0 Å². The van der Waals surface area contributed by atoms with Gasteiger partial charge in [0, 0.05) is 0 Å². The van der Waals surface area contributed by atoms with Crippen LogP contribution in [-0.4, -0.2) is 0 Å². The van der Waals surface area contributed by atoms with Crippen LogP contribution in [-0.2, 0) is 0 Å². The highest BCUT2D eigenvalue weighted by molar-refractivity contribution is 5.28. The van der Waals surface area contributed by atoms with Gasteiger partial charge in [0.25, 0.3) is 0 Å². The summed E-state index contributed by atoms with van der Waals surface area (Å²) in [7, 11) is 0. The summed E-state index contributed by atoms with van der Waals surface area (Å²) in [5.74, 6) is 5.86. The smallest absolute Gasteiger partial charge is 0.0162 e. The zero-order valence-corrected chi connectivity index (χ0v) is 20.1. The molecule has 4 rings (SSSR count). The molecule has 168 valence electrons. The summed E-state index contributed by atoms with van der Waals surface area (Å²) in [5.41, 5.74) is 3.27. The van der Waals surface area contributed by atoms with E-state index in [1.165, 1.54) is 103 Å². The van der Waals surface area contributed by atoms with Crippen molar-refractivity contribution >= 4 is 0 Å². The van der Waals surface area contributed by atoms with E-state index >= 15 is 0 Å². The summed E-state index contributed by atoms with van der Waals surface area (Å²) in [6, 6.07) is 10.0. The van der Waals surface area contributed by atoms with E-state index < -0.39 is 0 Å². The second kappa shape index (κ2) is 11.2. The van der Waals surface area contributed by atoms with E-state index in [2.05, 4.69) is 38.1 Å². The highest BCUT2D eigenvalue weighted by Gasteiger charge is 2.31. The van der Waals surface area contributed by atoms with Crippen molar-refractivity contribution in [1.29, 1.82) is 0 Å². The first kappa shape index (κ1) is 22.4. The second-order valence-corrected chi connectivity index (χ2v) is 11.4. The average molecular weight is 409 g/mol.